The van der Waals surface area contributed by atoms with Gasteiger partial charge in [0.2, 0.25) is 0 Å². The standard InChI is InChI=1S/C14H31N3/c1-7-15-13(2,3)11-17(6)12-14(16(4)5)9-8-10-14/h15H,7-12H2,1-6H3. The summed E-state index contributed by atoms with van der Waals surface area (Å²) < 4.78 is 0. The predicted octanol–water partition coefficient (Wildman–Crippen LogP) is 1.79. The number of hydrogen-bond donors (Lipinski definition) is 1. The molecule has 0 heterocycles. The van der Waals surface area contributed by atoms with E-state index in [4.69, 9.17) is 0 Å². The highest BCUT2D eigenvalue weighted by Crippen LogP contribution is 2.36. The topological polar surface area (TPSA) is 18.5 Å². The molecule has 17 heavy (non-hydrogen) atoms. The molecule has 0 amide bonds. The Morgan fingerprint density at radius 3 is 2.12 bits per heavy atom. The van der Waals surface area contributed by atoms with Crippen molar-refractivity contribution in [3.63, 3.8) is 0 Å². The molecule has 0 unspecified atom stereocenters. The van der Waals surface area contributed by atoms with E-state index >= 15 is 0 Å². The van der Waals surface area contributed by atoms with Gasteiger partial charge in [0.15, 0.2) is 0 Å². The summed E-state index contributed by atoms with van der Waals surface area (Å²) in [5, 5.41) is 3.55. The van der Waals surface area contributed by atoms with E-state index in [2.05, 4.69) is 57.0 Å². The van der Waals surface area contributed by atoms with Crippen LogP contribution in [-0.2, 0) is 0 Å². The molecule has 1 rings (SSSR count). The molecule has 1 aliphatic carbocycles. The average molecular weight is 241 g/mol. The fourth-order valence-electron chi connectivity index (χ4n) is 3.10. The lowest BCUT2D eigenvalue weighted by Crippen LogP contribution is -2.59. The van der Waals surface area contributed by atoms with Gasteiger partial charge in [0.25, 0.3) is 0 Å². The van der Waals surface area contributed by atoms with Crippen LogP contribution in [0.5, 0.6) is 0 Å². The lowest BCUT2D eigenvalue weighted by molar-refractivity contribution is 0.0222. The van der Waals surface area contributed by atoms with Crippen molar-refractivity contribution in [3.05, 3.63) is 0 Å². The predicted molar refractivity (Wildman–Crippen MR) is 75.5 cm³/mol. The second-order valence-electron chi connectivity index (χ2n) is 6.56. The molecule has 0 atom stereocenters. The molecule has 0 spiro atoms. The van der Waals surface area contributed by atoms with Gasteiger partial charge in [0, 0.05) is 24.2 Å². The summed E-state index contributed by atoms with van der Waals surface area (Å²) in [5.41, 5.74) is 0.651. The zero-order valence-corrected chi connectivity index (χ0v) is 12.6. The van der Waals surface area contributed by atoms with Gasteiger partial charge in [-0.3, -0.25) is 0 Å². The van der Waals surface area contributed by atoms with Gasteiger partial charge < -0.3 is 15.1 Å². The number of hydrogen-bond acceptors (Lipinski definition) is 3. The van der Waals surface area contributed by atoms with Crippen molar-refractivity contribution in [2.45, 2.75) is 51.1 Å². The first kappa shape index (κ1) is 14.9. The van der Waals surface area contributed by atoms with E-state index in [9.17, 15) is 0 Å². The van der Waals surface area contributed by atoms with Crippen molar-refractivity contribution < 1.29 is 0 Å². The van der Waals surface area contributed by atoms with E-state index in [0.717, 1.165) is 13.1 Å². The van der Waals surface area contributed by atoms with Crippen molar-refractivity contribution >= 4 is 0 Å². The molecular formula is C14H31N3. The van der Waals surface area contributed by atoms with Crippen LogP contribution in [0.25, 0.3) is 0 Å². The van der Waals surface area contributed by atoms with Gasteiger partial charge in [0.1, 0.15) is 0 Å². The van der Waals surface area contributed by atoms with Gasteiger partial charge in [-0.1, -0.05) is 6.92 Å². The molecule has 0 aromatic carbocycles. The maximum absolute atomic E-state index is 3.55. The molecule has 0 aromatic heterocycles. The van der Waals surface area contributed by atoms with Crippen LogP contribution in [-0.4, -0.2) is 61.7 Å². The van der Waals surface area contributed by atoms with Crippen molar-refractivity contribution in [2.75, 3.05) is 40.8 Å². The van der Waals surface area contributed by atoms with E-state index < -0.39 is 0 Å². The molecule has 1 saturated carbocycles. The number of likely N-dealkylation sites (N-methyl/N-ethyl adjacent to an activating group) is 3. The fourth-order valence-corrected chi connectivity index (χ4v) is 3.10. The van der Waals surface area contributed by atoms with E-state index in [-0.39, 0.29) is 5.54 Å². The third-order valence-electron chi connectivity index (χ3n) is 4.12. The average Bonchev–Trinajstić information content (AvgIpc) is 2.09. The van der Waals surface area contributed by atoms with Crippen LogP contribution >= 0.6 is 0 Å². The molecule has 0 aliphatic heterocycles. The van der Waals surface area contributed by atoms with Crippen LogP contribution in [0.15, 0.2) is 0 Å². The first-order valence-electron chi connectivity index (χ1n) is 6.92. The van der Waals surface area contributed by atoms with Crippen molar-refractivity contribution in [1.82, 2.24) is 15.1 Å². The van der Waals surface area contributed by atoms with Crippen LogP contribution in [0.1, 0.15) is 40.0 Å². The smallest absolute Gasteiger partial charge is 0.0330 e. The summed E-state index contributed by atoms with van der Waals surface area (Å²) in [4.78, 5) is 4.91. The summed E-state index contributed by atoms with van der Waals surface area (Å²) in [6.07, 6.45) is 4.10. The molecular weight excluding hydrogens is 210 g/mol. The Balaban J connectivity index is 2.46. The Kier molecular flexibility index (Phi) is 4.99. The molecule has 1 fully saturated rings. The highest BCUT2D eigenvalue weighted by atomic mass is 15.2. The molecule has 1 N–H and O–H groups in total. The van der Waals surface area contributed by atoms with Crippen molar-refractivity contribution in [1.29, 1.82) is 0 Å². The third kappa shape index (κ3) is 3.94. The number of rotatable bonds is 7. The van der Waals surface area contributed by atoms with Gasteiger partial charge in [-0.05, 0) is 60.8 Å². The van der Waals surface area contributed by atoms with Gasteiger partial charge in [-0.25, -0.2) is 0 Å². The van der Waals surface area contributed by atoms with E-state index in [1.807, 2.05) is 0 Å². The molecule has 102 valence electrons. The highest BCUT2D eigenvalue weighted by Gasteiger charge is 2.40. The summed E-state index contributed by atoms with van der Waals surface area (Å²) in [6, 6.07) is 0. The second-order valence-corrected chi connectivity index (χ2v) is 6.56. The molecule has 0 aromatic rings. The van der Waals surface area contributed by atoms with E-state index in [1.54, 1.807) is 0 Å². The molecule has 3 nitrogen and oxygen atoms in total. The Morgan fingerprint density at radius 1 is 1.18 bits per heavy atom. The largest absolute Gasteiger partial charge is 0.311 e. The zero-order valence-electron chi connectivity index (χ0n) is 12.6. The summed E-state index contributed by atoms with van der Waals surface area (Å²) in [5.74, 6) is 0. The molecule has 1 aliphatic rings. The minimum atomic E-state index is 0.209. The van der Waals surface area contributed by atoms with E-state index in [1.165, 1.54) is 25.8 Å². The molecule has 0 radical (unpaired) electrons. The van der Waals surface area contributed by atoms with Crippen LogP contribution in [0, 0.1) is 0 Å². The Morgan fingerprint density at radius 2 is 1.76 bits per heavy atom. The zero-order chi connectivity index (χ0) is 13.1. The lowest BCUT2D eigenvalue weighted by Gasteiger charge is -2.50. The first-order chi connectivity index (χ1) is 7.81. The monoisotopic (exact) mass is 241 g/mol. The molecule has 0 bridgehead atoms. The summed E-state index contributed by atoms with van der Waals surface area (Å²) in [7, 11) is 6.70. The first-order valence-corrected chi connectivity index (χ1v) is 6.92. The van der Waals surface area contributed by atoms with Gasteiger partial charge in [-0.2, -0.15) is 0 Å². The normalized spacial score (nSPS) is 19.8. The maximum Gasteiger partial charge on any atom is 0.0330 e. The minimum Gasteiger partial charge on any atom is -0.311 e. The Hall–Kier alpha value is -0.120. The number of nitrogens with one attached hydrogen (secondary N) is 1. The second kappa shape index (κ2) is 5.68. The van der Waals surface area contributed by atoms with Crippen LogP contribution in [0.4, 0.5) is 0 Å². The van der Waals surface area contributed by atoms with Gasteiger partial charge >= 0.3 is 0 Å². The summed E-state index contributed by atoms with van der Waals surface area (Å²) >= 11 is 0. The molecule has 3 heteroatoms. The number of nitrogens with zero attached hydrogens (tertiary/aromatic N) is 2. The molecule has 0 saturated heterocycles. The van der Waals surface area contributed by atoms with Crippen LogP contribution in [0.2, 0.25) is 0 Å². The van der Waals surface area contributed by atoms with Crippen LogP contribution in [0.3, 0.4) is 0 Å². The summed E-state index contributed by atoms with van der Waals surface area (Å²) in [6.45, 7) is 10.1. The van der Waals surface area contributed by atoms with Gasteiger partial charge in [0.05, 0.1) is 0 Å². The Labute approximate surface area is 108 Å². The SMILES string of the molecule is CCNC(C)(C)CN(C)CC1(N(C)C)CCC1. The highest BCUT2D eigenvalue weighted by molar-refractivity contribution is 4.98. The maximum atomic E-state index is 3.55. The van der Waals surface area contributed by atoms with E-state index in [0.29, 0.717) is 5.54 Å². The van der Waals surface area contributed by atoms with Crippen molar-refractivity contribution in [3.8, 4) is 0 Å². The van der Waals surface area contributed by atoms with Crippen molar-refractivity contribution in [2.24, 2.45) is 0 Å². The third-order valence-corrected chi connectivity index (χ3v) is 4.12. The van der Waals surface area contributed by atoms with Crippen LogP contribution < -0.4 is 5.32 Å². The minimum absolute atomic E-state index is 0.209. The quantitative estimate of drug-likeness (QED) is 0.733. The Bertz CT molecular complexity index is 232. The van der Waals surface area contributed by atoms with Gasteiger partial charge in [-0.15, -0.1) is 0 Å². The lowest BCUT2D eigenvalue weighted by atomic mass is 9.75. The fraction of sp³-hybridized carbons (Fsp3) is 1.00.